The van der Waals surface area contributed by atoms with Gasteiger partial charge in [-0.05, 0) is 57.4 Å². The number of phenols is 1. The first-order valence-corrected chi connectivity index (χ1v) is 15.0. The summed E-state index contributed by atoms with van der Waals surface area (Å²) in [5.41, 5.74) is -0.752. The smallest absolute Gasteiger partial charge is 0.508 e. The van der Waals surface area contributed by atoms with Crippen molar-refractivity contribution in [2.45, 2.75) is 58.0 Å². The number of phenolic OH excluding ortho intramolecular Hbond substituents is 1. The van der Waals surface area contributed by atoms with E-state index < -0.39 is 64.7 Å². The van der Waals surface area contributed by atoms with Crippen molar-refractivity contribution in [2.24, 2.45) is 0 Å². The van der Waals surface area contributed by atoms with Gasteiger partial charge >= 0.3 is 26.2 Å². The molecule has 3 aromatic rings. The molecule has 1 heterocycles. The Morgan fingerprint density at radius 2 is 0.837 bits per heavy atom. The second-order valence-electron chi connectivity index (χ2n) is 10.3. The van der Waals surface area contributed by atoms with Crippen LogP contribution in [-0.4, -0.2) is 42.5 Å². The van der Waals surface area contributed by atoms with Crippen LogP contribution in [0.15, 0.2) is 42.5 Å². The van der Waals surface area contributed by atoms with E-state index in [1.54, 1.807) is 0 Å². The number of ether oxygens (including phenoxy) is 3. The molecule has 0 aromatic heterocycles. The summed E-state index contributed by atoms with van der Waals surface area (Å²) < 4.78 is 130. The van der Waals surface area contributed by atoms with E-state index in [9.17, 15) is 39.5 Å². The zero-order valence-corrected chi connectivity index (χ0v) is 29.3. The molecule has 1 aliphatic rings. The van der Waals surface area contributed by atoms with Gasteiger partial charge in [0.25, 0.3) is 0 Å². The molecule has 0 aliphatic carbocycles. The first kappa shape index (κ1) is 43.1. The molecule has 0 spiro atoms. The fraction of sp³-hybridized carbons (Fsp3) is 0.333. The predicted octanol–water partition coefficient (Wildman–Crippen LogP) is 11.7. The molecule has 1 fully saturated rings. The third-order valence-corrected chi connectivity index (χ3v) is 7.82. The standard InChI is InChI=1S/C13H14BCl2F3O3.C7H3Cl2F3O2.C7H3Cl2F3O/c1-11(2)12(3,4)22-14(21-11)7-5-8(15)10(9(16)6-7)20-13(17,18)19;8-4-1-3(13)2-5(9)6(4)14-7(10,11)12;8-4-2-1-3-5(9)6(4)13-7(10,11)12/h5-6H,1-4H3;1-2,13H;1-3H. The minimum atomic E-state index is -4.88. The van der Waals surface area contributed by atoms with Crippen LogP contribution in [0.25, 0.3) is 0 Å². The minimum Gasteiger partial charge on any atom is -0.508 e. The highest BCUT2D eigenvalue weighted by atomic mass is 35.5. The molecular weight excluding hydrogens is 815 g/mol. The maximum atomic E-state index is 12.3. The summed E-state index contributed by atoms with van der Waals surface area (Å²) in [4.78, 5) is 0. The summed E-state index contributed by atoms with van der Waals surface area (Å²) in [5, 5.41) is 7.20. The van der Waals surface area contributed by atoms with Crippen LogP contribution in [0.5, 0.6) is 23.0 Å². The Kier molecular flexibility index (Phi) is 14.2. The summed E-state index contributed by atoms with van der Waals surface area (Å²) in [7, 11) is -0.778. The molecule has 4 rings (SSSR count). The van der Waals surface area contributed by atoms with E-state index >= 15 is 0 Å². The van der Waals surface area contributed by atoms with Crippen molar-refractivity contribution in [2.75, 3.05) is 0 Å². The molecule has 1 saturated heterocycles. The summed E-state index contributed by atoms with van der Waals surface area (Å²) >= 11 is 33.3. The third kappa shape index (κ3) is 13.2. The summed E-state index contributed by atoms with van der Waals surface area (Å²) in [6, 6.07) is 8.31. The summed E-state index contributed by atoms with van der Waals surface area (Å²) in [6.07, 6.45) is -14.5. The zero-order chi connectivity index (χ0) is 37.9. The van der Waals surface area contributed by atoms with E-state index in [1.165, 1.54) is 30.3 Å². The lowest BCUT2D eigenvalue weighted by Gasteiger charge is -2.32. The van der Waals surface area contributed by atoms with Crippen LogP contribution in [0.2, 0.25) is 30.1 Å². The maximum Gasteiger partial charge on any atom is 0.573 e. The highest BCUT2D eigenvalue weighted by Crippen LogP contribution is 2.41. The Labute approximate surface area is 302 Å². The van der Waals surface area contributed by atoms with Gasteiger partial charge in [-0.3, -0.25) is 0 Å². The number of hydrogen-bond donors (Lipinski definition) is 1. The van der Waals surface area contributed by atoms with Gasteiger partial charge in [-0.1, -0.05) is 75.7 Å². The lowest BCUT2D eigenvalue weighted by molar-refractivity contribution is -0.275. The Bertz CT molecular complexity index is 1540. The Morgan fingerprint density at radius 3 is 1.14 bits per heavy atom. The largest absolute Gasteiger partial charge is 0.573 e. The van der Waals surface area contributed by atoms with Crippen LogP contribution in [0.4, 0.5) is 39.5 Å². The fourth-order valence-corrected chi connectivity index (χ4v) is 4.97. The highest BCUT2D eigenvalue weighted by Gasteiger charge is 2.52. The average molecular weight is 835 g/mol. The molecule has 0 unspecified atom stereocenters. The molecule has 0 atom stereocenters. The quantitative estimate of drug-likeness (QED) is 0.209. The number of benzene rings is 3. The predicted molar refractivity (Wildman–Crippen MR) is 167 cm³/mol. The third-order valence-electron chi connectivity index (χ3n) is 6.10. The van der Waals surface area contributed by atoms with E-state index in [-0.39, 0.29) is 25.8 Å². The fourth-order valence-electron chi connectivity index (χ4n) is 3.36. The van der Waals surface area contributed by atoms with Crippen molar-refractivity contribution in [3.8, 4) is 23.0 Å². The Hall–Kier alpha value is -2.05. The number of aromatic hydroxyl groups is 1. The molecule has 0 saturated carbocycles. The monoisotopic (exact) mass is 832 g/mol. The first-order chi connectivity index (χ1) is 22.0. The van der Waals surface area contributed by atoms with Crippen LogP contribution < -0.4 is 19.7 Å². The topological polar surface area (TPSA) is 66.4 Å². The van der Waals surface area contributed by atoms with Crippen molar-refractivity contribution in [1.29, 1.82) is 0 Å². The Morgan fingerprint density at radius 1 is 0.551 bits per heavy atom. The molecule has 0 amide bonds. The first-order valence-electron chi connectivity index (χ1n) is 12.8. The van der Waals surface area contributed by atoms with Crippen LogP contribution >= 0.6 is 69.6 Å². The van der Waals surface area contributed by atoms with E-state index in [2.05, 4.69) is 14.2 Å². The minimum absolute atomic E-state index is 0.176. The SMILES string of the molecule is CC1(C)OB(c2cc(Cl)c(OC(F)(F)F)c(Cl)c2)OC1(C)C.FC(F)(F)Oc1c(Cl)cccc1Cl.Oc1cc(Cl)c(OC(F)(F)F)c(Cl)c1. The number of halogens is 15. The van der Waals surface area contributed by atoms with Crippen molar-refractivity contribution < 1.29 is 68.1 Å². The molecule has 3 aromatic carbocycles. The van der Waals surface area contributed by atoms with Gasteiger partial charge in [-0.25, -0.2) is 0 Å². The highest BCUT2D eigenvalue weighted by molar-refractivity contribution is 6.63. The van der Waals surface area contributed by atoms with Crippen molar-refractivity contribution in [3.63, 3.8) is 0 Å². The number of para-hydroxylation sites is 1. The molecule has 1 N–H and O–H groups in total. The maximum absolute atomic E-state index is 12.3. The van der Waals surface area contributed by atoms with Gasteiger partial charge < -0.3 is 28.6 Å². The lowest BCUT2D eigenvalue weighted by atomic mass is 9.79. The second kappa shape index (κ2) is 16.1. The molecule has 49 heavy (non-hydrogen) atoms. The summed E-state index contributed by atoms with van der Waals surface area (Å²) in [6.45, 7) is 7.43. The van der Waals surface area contributed by atoms with Gasteiger partial charge in [-0.2, -0.15) is 0 Å². The zero-order valence-electron chi connectivity index (χ0n) is 24.8. The number of rotatable bonds is 4. The van der Waals surface area contributed by atoms with E-state index in [4.69, 9.17) is 84.0 Å². The van der Waals surface area contributed by atoms with Crippen molar-refractivity contribution in [1.82, 2.24) is 0 Å². The van der Waals surface area contributed by atoms with Crippen LogP contribution in [0, 0.1) is 0 Å². The van der Waals surface area contributed by atoms with Gasteiger partial charge in [0.1, 0.15) is 5.75 Å². The van der Waals surface area contributed by atoms with Gasteiger partial charge in [0.15, 0.2) is 17.2 Å². The van der Waals surface area contributed by atoms with Gasteiger partial charge in [0.05, 0.1) is 41.3 Å². The molecule has 22 heteroatoms. The number of hydrogen-bond acceptors (Lipinski definition) is 6. The van der Waals surface area contributed by atoms with E-state index in [0.29, 0.717) is 5.46 Å². The molecular formula is C27H20BCl6F9O6. The van der Waals surface area contributed by atoms with Crippen LogP contribution in [0.1, 0.15) is 27.7 Å². The average Bonchev–Trinajstić information content (AvgIpc) is 3.11. The second-order valence-corrected chi connectivity index (χ2v) is 12.8. The van der Waals surface area contributed by atoms with Crippen molar-refractivity contribution in [3.05, 3.63) is 72.6 Å². The molecule has 6 nitrogen and oxygen atoms in total. The van der Waals surface area contributed by atoms with Crippen molar-refractivity contribution >= 4 is 82.2 Å². The van der Waals surface area contributed by atoms with Crippen LogP contribution in [0.3, 0.4) is 0 Å². The molecule has 1 aliphatic heterocycles. The molecule has 0 bridgehead atoms. The molecule has 272 valence electrons. The lowest BCUT2D eigenvalue weighted by Crippen LogP contribution is -2.41. The normalized spacial score (nSPS) is 15.4. The van der Waals surface area contributed by atoms with E-state index in [1.807, 2.05) is 27.7 Å². The van der Waals surface area contributed by atoms with Crippen LogP contribution in [-0.2, 0) is 9.31 Å². The van der Waals surface area contributed by atoms with E-state index in [0.717, 1.165) is 12.1 Å². The molecule has 0 radical (unpaired) electrons. The van der Waals surface area contributed by atoms with Gasteiger partial charge in [0.2, 0.25) is 0 Å². The Balaban J connectivity index is 0.000000269. The number of alkyl halides is 9. The van der Waals surface area contributed by atoms with Gasteiger partial charge in [-0.15, -0.1) is 39.5 Å². The van der Waals surface area contributed by atoms with Gasteiger partial charge in [0, 0.05) is 12.1 Å². The summed E-state index contributed by atoms with van der Waals surface area (Å²) in [5.74, 6) is -2.28.